The van der Waals surface area contributed by atoms with E-state index in [1.54, 1.807) is 0 Å². The SMILES string of the molecule is c1ccc(-c2cccc(-c3cccc(N(c4ccc(-c5ccc6ccccc6c5)cc4)c4ccc(-c5ccccc5)c5c4oc4ccccc45)c3)c2)cc1. The van der Waals surface area contributed by atoms with Gasteiger partial charge in [-0.15, -0.1) is 0 Å². The monoisotopic (exact) mass is 689 g/mol. The molecule has 254 valence electrons. The molecule has 0 radical (unpaired) electrons. The summed E-state index contributed by atoms with van der Waals surface area (Å²) in [5.74, 6) is 0. The Hall–Kier alpha value is -7.16. The fraction of sp³-hybridized carbons (Fsp3) is 0. The van der Waals surface area contributed by atoms with Crippen LogP contribution in [0.25, 0.3) is 77.2 Å². The van der Waals surface area contributed by atoms with Crippen molar-refractivity contribution >= 4 is 49.8 Å². The van der Waals surface area contributed by atoms with E-state index in [9.17, 15) is 0 Å². The molecule has 0 aliphatic carbocycles. The average molecular weight is 690 g/mol. The second kappa shape index (κ2) is 13.4. The van der Waals surface area contributed by atoms with Gasteiger partial charge in [-0.2, -0.15) is 0 Å². The van der Waals surface area contributed by atoms with Gasteiger partial charge >= 0.3 is 0 Å². The lowest BCUT2D eigenvalue weighted by molar-refractivity contribution is 0.669. The van der Waals surface area contributed by atoms with Gasteiger partial charge in [0.05, 0.1) is 5.69 Å². The minimum atomic E-state index is 0.854. The van der Waals surface area contributed by atoms with Crippen LogP contribution >= 0.6 is 0 Å². The Morgan fingerprint density at radius 3 is 1.70 bits per heavy atom. The highest BCUT2D eigenvalue weighted by Crippen LogP contribution is 2.46. The largest absolute Gasteiger partial charge is 0.454 e. The van der Waals surface area contributed by atoms with Gasteiger partial charge in [-0.05, 0) is 104 Å². The predicted octanol–water partition coefficient (Wildman–Crippen LogP) is 14.9. The zero-order chi connectivity index (χ0) is 35.8. The second-order valence-electron chi connectivity index (χ2n) is 13.7. The van der Waals surface area contributed by atoms with Gasteiger partial charge in [0.15, 0.2) is 5.58 Å². The van der Waals surface area contributed by atoms with E-state index in [1.807, 2.05) is 6.07 Å². The van der Waals surface area contributed by atoms with E-state index < -0.39 is 0 Å². The van der Waals surface area contributed by atoms with Gasteiger partial charge in [0, 0.05) is 22.1 Å². The number of nitrogens with zero attached hydrogens (tertiary/aromatic N) is 1. The Morgan fingerprint density at radius 1 is 0.333 bits per heavy atom. The second-order valence-corrected chi connectivity index (χ2v) is 13.7. The summed E-state index contributed by atoms with van der Waals surface area (Å²) in [6.45, 7) is 0. The van der Waals surface area contributed by atoms with Crippen molar-refractivity contribution in [3.8, 4) is 44.5 Å². The number of hydrogen-bond donors (Lipinski definition) is 0. The number of para-hydroxylation sites is 1. The normalized spacial score (nSPS) is 11.3. The van der Waals surface area contributed by atoms with Crippen molar-refractivity contribution in [2.24, 2.45) is 0 Å². The molecule has 0 unspecified atom stereocenters. The highest BCUT2D eigenvalue weighted by Gasteiger charge is 2.22. The fourth-order valence-electron chi connectivity index (χ4n) is 7.78. The highest BCUT2D eigenvalue weighted by atomic mass is 16.3. The molecule has 0 saturated heterocycles. The van der Waals surface area contributed by atoms with Gasteiger partial charge in [0.2, 0.25) is 0 Å². The molecule has 0 spiro atoms. The van der Waals surface area contributed by atoms with Gasteiger partial charge < -0.3 is 9.32 Å². The molecule has 0 bridgehead atoms. The lowest BCUT2D eigenvalue weighted by Gasteiger charge is -2.27. The van der Waals surface area contributed by atoms with Crippen LogP contribution in [-0.4, -0.2) is 0 Å². The molecule has 0 aliphatic rings. The first-order valence-electron chi connectivity index (χ1n) is 18.4. The van der Waals surface area contributed by atoms with Crippen LogP contribution in [0.2, 0.25) is 0 Å². The molecule has 10 aromatic rings. The first kappa shape index (κ1) is 31.6. The summed E-state index contributed by atoms with van der Waals surface area (Å²) in [4.78, 5) is 2.34. The third kappa shape index (κ3) is 5.71. The Bertz CT molecular complexity index is 2920. The first-order chi connectivity index (χ1) is 26.8. The van der Waals surface area contributed by atoms with Crippen LogP contribution in [0.1, 0.15) is 0 Å². The molecule has 54 heavy (non-hydrogen) atoms. The standard InChI is InChI=1S/C52H35NO/c1-3-13-36(14-4-1)41-19-11-20-42(33-41)43-21-12-22-46(35-43)53(45-29-27-38(28-30-45)44-26-25-37-15-7-8-18-40(37)34-44)49-32-31-47(39-16-5-2-6-17-39)51-48-23-9-10-24-50(48)54-52(49)51/h1-35H. The van der Waals surface area contributed by atoms with E-state index >= 15 is 0 Å². The quantitative estimate of drug-likeness (QED) is 0.166. The first-order valence-corrected chi connectivity index (χ1v) is 18.4. The predicted molar refractivity (Wildman–Crippen MR) is 228 cm³/mol. The summed E-state index contributed by atoms with van der Waals surface area (Å²) in [5.41, 5.74) is 14.2. The minimum Gasteiger partial charge on any atom is -0.454 e. The topological polar surface area (TPSA) is 16.4 Å². The van der Waals surface area contributed by atoms with Crippen LogP contribution in [-0.2, 0) is 0 Å². The summed E-state index contributed by atoms with van der Waals surface area (Å²) >= 11 is 0. The van der Waals surface area contributed by atoms with E-state index in [0.29, 0.717) is 0 Å². The minimum absolute atomic E-state index is 0.854. The highest BCUT2D eigenvalue weighted by molar-refractivity contribution is 6.16. The fourth-order valence-corrected chi connectivity index (χ4v) is 7.78. The molecule has 0 fully saturated rings. The van der Waals surface area contributed by atoms with Crippen molar-refractivity contribution in [2.45, 2.75) is 0 Å². The Morgan fingerprint density at radius 2 is 0.907 bits per heavy atom. The van der Waals surface area contributed by atoms with E-state index in [4.69, 9.17) is 4.42 Å². The van der Waals surface area contributed by atoms with Crippen molar-refractivity contribution in [2.75, 3.05) is 4.90 Å². The zero-order valence-corrected chi connectivity index (χ0v) is 29.6. The lowest BCUT2D eigenvalue weighted by Crippen LogP contribution is -2.10. The molecule has 1 heterocycles. The Labute approximate surface area is 314 Å². The van der Waals surface area contributed by atoms with E-state index in [1.165, 1.54) is 33.0 Å². The van der Waals surface area contributed by atoms with E-state index in [0.717, 1.165) is 61.3 Å². The van der Waals surface area contributed by atoms with Crippen LogP contribution in [0, 0.1) is 0 Å². The molecule has 10 rings (SSSR count). The third-order valence-corrected chi connectivity index (χ3v) is 10.4. The maximum absolute atomic E-state index is 6.84. The number of hydrogen-bond acceptors (Lipinski definition) is 2. The molecule has 0 N–H and O–H groups in total. The molecule has 2 heteroatoms. The van der Waals surface area contributed by atoms with Crippen molar-refractivity contribution in [3.63, 3.8) is 0 Å². The molecule has 0 amide bonds. The smallest absolute Gasteiger partial charge is 0.160 e. The number of benzene rings is 9. The lowest BCUT2D eigenvalue weighted by atomic mass is 9.97. The number of fused-ring (bicyclic) bond motifs is 4. The number of rotatable bonds is 7. The summed E-state index contributed by atoms with van der Waals surface area (Å²) in [5, 5.41) is 4.69. The summed E-state index contributed by atoms with van der Waals surface area (Å²) < 4.78 is 6.84. The van der Waals surface area contributed by atoms with Crippen LogP contribution in [0.3, 0.4) is 0 Å². The summed E-state index contributed by atoms with van der Waals surface area (Å²) in [7, 11) is 0. The van der Waals surface area contributed by atoms with Gasteiger partial charge in [-0.25, -0.2) is 0 Å². The van der Waals surface area contributed by atoms with Gasteiger partial charge in [0.25, 0.3) is 0 Å². The molecular weight excluding hydrogens is 655 g/mol. The van der Waals surface area contributed by atoms with Crippen LogP contribution in [0.4, 0.5) is 17.1 Å². The summed E-state index contributed by atoms with van der Waals surface area (Å²) in [6.07, 6.45) is 0. The maximum Gasteiger partial charge on any atom is 0.160 e. The van der Waals surface area contributed by atoms with Crippen LogP contribution in [0.15, 0.2) is 217 Å². The average Bonchev–Trinajstić information content (AvgIpc) is 3.65. The molecule has 1 aromatic heterocycles. The number of anilines is 3. The molecule has 0 aliphatic heterocycles. The Kier molecular flexibility index (Phi) is 7.85. The molecule has 0 atom stereocenters. The molecule has 2 nitrogen and oxygen atoms in total. The van der Waals surface area contributed by atoms with Crippen molar-refractivity contribution in [1.82, 2.24) is 0 Å². The van der Waals surface area contributed by atoms with E-state index in [-0.39, 0.29) is 0 Å². The Balaban J connectivity index is 1.15. The molecule has 9 aromatic carbocycles. The zero-order valence-electron chi connectivity index (χ0n) is 29.6. The summed E-state index contributed by atoms with van der Waals surface area (Å²) in [6, 6.07) is 75.8. The van der Waals surface area contributed by atoms with Crippen molar-refractivity contribution in [3.05, 3.63) is 212 Å². The van der Waals surface area contributed by atoms with E-state index in [2.05, 4.69) is 211 Å². The van der Waals surface area contributed by atoms with Crippen molar-refractivity contribution < 1.29 is 4.42 Å². The molecule has 0 saturated carbocycles. The third-order valence-electron chi connectivity index (χ3n) is 10.4. The van der Waals surface area contributed by atoms with Crippen LogP contribution < -0.4 is 4.90 Å². The van der Waals surface area contributed by atoms with Crippen molar-refractivity contribution in [1.29, 1.82) is 0 Å². The van der Waals surface area contributed by atoms with Crippen LogP contribution in [0.5, 0.6) is 0 Å². The molecular formula is C52H35NO. The van der Waals surface area contributed by atoms with Gasteiger partial charge in [-0.3, -0.25) is 0 Å². The number of furan rings is 1. The van der Waals surface area contributed by atoms with Gasteiger partial charge in [0.1, 0.15) is 5.58 Å². The maximum atomic E-state index is 6.84. The van der Waals surface area contributed by atoms with Gasteiger partial charge in [-0.1, -0.05) is 164 Å².